The van der Waals surface area contributed by atoms with Gasteiger partial charge in [-0.1, -0.05) is 0 Å². The first kappa shape index (κ1) is 35.6. The molecule has 10 N–H and O–H groups in total. The average molecular weight is 605 g/mol. The molecule has 5 atom stereocenters. The lowest BCUT2D eigenvalue weighted by Gasteiger charge is -2.30. The van der Waals surface area contributed by atoms with Gasteiger partial charge in [-0.15, -0.1) is 0 Å². The highest BCUT2D eigenvalue weighted by Gasteiger charge is 2.39. The Morgan fingerprint density at radius 3 is 2.07 bits per heavy atom. The van der Waals surface area contributed by atoms with Crippen molar-refractivity contribution in [3.05, 3.63) is 0 Å². The maximum absolute atomic E-state index is 13.5. The second-order valence-corrected chi connectivity index (χ2v) is 10.6. The second-order valence-electron chi connectivity index (χ2n) is 9.58. The van der Waals surface area contributed by atoms with Gasteiger partial charge in [0.05, 0.1) is 18.9 Å². The molecule has 0 unspecified atom stereocenters. The highest BCUT2D eigenvalue weighted by Crippen LogP contribution is 2.20. The summed E-state index contributed by atoms with van der Waals surface area (Å²) in [6, 6.07) is -6.54. The predicted molar refractivity (Wildman–Crippen MR) is 147 cm³/mol. The van der Waals surface area contributed by atoms with Crippen molar-refractivity contribution in [2.75, 3.05) is 25.1 Å². The minimum atomic E-state index is -1.61. The van der Waals surface area contributed by atoms with Gasteiger partial charge in [0.15, 0.2) is 0 Å². The smallest absolute Gasteiger partial charge is 0.326 e. The number of hydrogen-bond acceptors (Lipinski definition) is 10. The molecule has 1 aliphatic rings. The highest BCUT2D eigenvalue weighted by atomic mass is 32.2. The van der Waals surface area contributed by atoms with Crippen molar-refractivity contribution < 1.29 is 48.9 Å². The Morgan fingerprint density at radius 2 is 1.51 bits per heavy atom. The van der Waals surface area contributed by atoms with Gasteiger partial charge in [-0.2, -0.15) is 11.8 Å². The number of thioether (sulfide) groups is 1. The molecule has 0 bridgehead atoms. The van der Waals surface area contributed by atoms with E-state index in [0.717, 1.165) is 0 Å². The zero-order valence-electron chi connectivity index (χ0n) is 22.9. The number of unbranched alkanes of at least 4 members (excludes halogenated alkanes) is 1. The molecule has 1 rings (SSSR count). The van der Waals surface area contributed by atoms with Crippen LogP contribution < -0.4 is 27.4 Å². The molecule has 1 saturated heterocycles. The van der Waals surface area contributed by atoms with Crippen LogP contribution in [0.25, 0.3) is 0 Å². The van der Waals surface area contributed by atoms with Gasteiger partial charge in [-0.25, -0.2) is 4.79 Å². The van der Waals surface area contributed by atoms with E-state index in [9.17, 15) is 43.8 Å². The van der Waals surface area contributed by atoms with Crippen LogP contribution in [0.15, 0.2) is 0 Å². The SMILES string of the molecule is CSCC[C@H](NC(=O)[C@H](CC(=O)O)NC(=O)[C@@H]1CCCN1C(=O)[C@H](CCCCN)NC(=O)[C@@H](N)CC(=O)O)C(=O)O. The van der Waals surface area contributed by atoms with Crippen LogP contribution in [0.4, 0.5) is 0 Å². The maximum atomic E-state index is 13.5. The molecule has 0 aliphatic carbocycles. The lowest BCUT2D eigenvalue weighted by Crippen LogP contribution is -2.58. The van der Waals surface area contributed by atoms with Crippen molar-refractivity contribution in [3.63, 3.8) is 0 Å². The summed E-state index contributed by atoms with van der Waals surface area (Å²) < 4.78 is 0. The van der Waals surface area contributed by atoms with E-state index in [1.807, 2.05) is 0 Å². The van der Waals surface area contributed by atoms with Gasteiger partial charge in [-0.05, 0) is 57.1 Å². The molecule has 4 amide bonds. The molecule has 0 aromatic carbocycles. The molecule has 0 saturated carbocycles. The first-order chi connectivity index (χ1) is 19.3. The number of carbonyl (C=O) groups excluding carboxylic acids is 4. The van der Waals surface area contributed by atoms with Gasteiger partial charge in [0.2, 0.25) is 23.6 Å². The molecule has 0 aromatic heterocycles. The molecule has 16 nitrogen and oxygen atoms in total. The van der Waals surface area contributed by atoms with Crippen molar-refractivity contribution in [1.82, 2.24) is 20.9 Å². The van der Waals surface area contributed by atoms with E-state index in [1.165, 1.54) is 16.7 Å². The number of rotatable bonds is 19. The Morgan fingerprint density at radius 1 is 0.878 bits per heavy atom. The Bertz CT molecular complexity index is 967. The summed E-state index contributed by atoms with van der Waals surface area (Å²) in [7, 11) is 0. The monoisotopic (exact) mass is 604 g/mol. The summed E-state index contributed by atoms with van der Waals surface area (Å²) in [5, 5.41) is 34.6. The van der Waals surface area contributed by atoms with Gasteiger partial charge >= 0.3 is 17.9 Å². The van der Waals surface area contributed by atoms with Gasteiger partial charge in [-0.3, -0.25) is 28.8 Å². The van der Waals surface area contributed by atoms with Gasteiger partial charge in [0.25, 0.3) is 0 Å². The number of likely N-dealkylation sites (tertiary alicyclic amines) is 1. The van der Waals surface area contributed by atoms with E-state index >= 15 is 0 Å². The second kappa shape index (κ2) is 18.1. The Labute approximate surface area is 241 Å². The Balaban J connectivity index is 3.06. The van der Waals surface area contributed by atoms with Crippen molar-refractivity contribution in [2.45, 2.75) is 81.6 Å². The average Bonchev–Trinajstić information content (AvgIpc) is 3.39. The fourth-order valence-corrected chi connectivity index (χ4v) is 4.70. The van der Waals surface area contributed by atoms with E-state index in [0.29, 0.717) is 31.6 Å². The molecule has 1 heterocycles. The Kier molecular flexibility index (Phi) is 15.7. The van der Waals surface area contributed by atoms with E-state index < -0.39 is 84.6 Å². The highest BCUT2D eigenvalue weighted by molar-refractivity contribution is 7.98. The van der Waals surface area contributed by atoms with Crippen molar-refractivity contribution >= 4 is 53.3 Å². The fraction of sp³-hybridized carbons (Fsp3) is 0.708. The minimum absolute atomic E-state index is 0.0776. The molecular formula is C24H40N6O10S. The number of nitrogens with zero attached hydrogens (tertiary/aromatic N) is 1. The number of amides is 4. The van der Waals surface area contributed by atoms with Crippen LogP contribution in [-0.4, -0.2) is 117 Å². The van der Waals surface area contributed by atoms with Gasteiger partial charge in [0.1, 0.15) is 24.2 Å². The molecular weight excluding hydrogens is 564 g/mol. The number of carbonyl (C=O) groups is 7. The van der Waals surface area contributed by atoms with Crippen LogP contribution in [0.2, 0.25) is 0 Å². The molecule has 17 heteroatoms. The number of carboxylic acid groups (broad SMARTS) is 3. The summed E-state index contributed by atoms with van der Waals surface area (Å²) in [6.07, 6.45) is 2.05. The van der Waals surface area contributed by atoms with E-state index in [1.54, 1.807) is 6.26 Å². The van der Waals surface area contributed by atoms with Crippen LogP contribution in [0.5, 0.6) is 0 Å². The van der Waals surface area contributed by atoms with Gasteiger partial charge < -0.3 is 47.6 Å². The summed E-state index contributed by atoms with van der Waals surface area (Å²) in [5.74, 6) is -6.91. The minimum Gasteiger partial charge on any atom is -0.481 e. The summed E-state index contributed by atoms with van der Waals surface area (Å²) >= 11 is 1.36. The molecule has 232 valence electrons. The number of hydrogen-bond donors (Lipinski definition) is 8. The number of aliphatic carboxylic acids is 3. The topological polar surface area (TPSA) is 272 Å². The van der Waals surface area contributed by atoms with Gasteiger partial charge in [0, 0.05) is 6.54 Å². The lowest BCUT2D eigenvalue weighted by molar-refractivity contribution is -0.145. The largest absolute Gasteiger partial charge is 0.481 e. The summed E-state index contributed by atoms with van der Waals surface area (Å²) in [5.41, 5.74) is 11.2. The zero-order chi connectivity index (χ0) is 31.1. The molecule has 1 aliphatic heterocycles. The number of carboxylic acids is 3. The third kappa shape index (κ3) is 12.3. The van der Waals surface area contributed by atoms with Crippen molar-refractivity contribution in [3.8, 4) is 0 Å². The normalized spacial score (nSPS) is 17.5. The predicted octanol–water partition coefficient (Wildman–Crippen LogP) is -2.32. The molecule has 41 heavy (non-hydrogen) atoms. The van der Waals surface area contributed by atoms with Crippen LogP contribution in [0, 0.1) is 0 Å². The first-order valence-corrected chi connectivity index (χ1v) is 14.5. The molecule has 1 fully saturated rings. The third-order valence-corrected chi connectivity index (χ3v) is 7.01. The standard InChI is InChI=1S/C24H40N6O10S/c1-41-10-7-15(24(39)40)28-21(36)16(12-19(33)34)29-22(37)17-6-4-9-30(17)23(38)14(5-2-3-8-25)27-20(35)13(26)11-18(31)32/h13-17H,2-12,25-26H2,1H3,(H,27,35)(H,28,36)(H,29,37)(H,31,32)(H,33,34)(H,39,40)/t13-,14-,15-,16-,17-/m0/s1. The van der Waals surface area contributed by atoms with Crippen LogP contribution >= 0.6 is 11.8 Å². The van der Waals surface area contributed by atoms with E-state index in [2.05, 4.69) is 16.0 Å². The fourth-order valence-electron chi connectivity index (χ4n) is 4.23. The van der Waals surface area contributed by atoms with E-state index in [4.69, 9.17) is 16.6 Å². The van der Waals surface area contributed by atoms with E-state index in [-0.39, 0.29) is 25.8 Å². The Hall–Kier alpha value is -3.44. The van der Waals surface area contributed by atoms with Crippen molar-refractivity contribution in [1.29, 1.82) is 0 Å². The zero-order valence-corrected chi connectivity index (χ0v) is 23.7. The first-order valence-electron chi connectivity index (χ1n) is 13.1. The van der Waals surface area contributed by atoms with Crippen molar-refractivity contribution in [2.24, 2.45) is 11.5 Å². The lowest BCUT2D eigenvalue weighted by atomic mass is 10.1. The quantitative estimate of drug-likeness (QED) is 0.0720. The molecule has 0 aromatic rings. The number of nitrogens with one attached hydrogen (secondary N) is 3. The molecule has 0 spiro atoms. The summed E-state index contributed by atoms with van der Waals surface area (Å²) in [6.45, 7) is 0.460. The van der Waals surface area contributed by atoms with Crippen LogP contribution in [0.1, 0.15) is 51.4 Å². The van der Waals surface area contributed by atoms with Crippen LogP contribution in [0.3, 0.4) is 0 Å². The maximum Gasteiger partial charge on any atom is 0.326 e. The summed E-state index contributed by atoms with van der Waals surface area (Å²) in [4.78, 5) is 87.0. The van der Waals surface area contributed by atoms with Crippen LogP contribution in [-0.2, 0) is 33.6 Å². The molecule has 0 radical (unpaired) electrons. The number of nitrogens with two attached hydrogens (primary N) is 2. The third-order valence-electron chi connectivity index (χ3n) is 6.37.